The first-order valence-corrected chi connectivity index (χ1v) is 14.6. The number of methoxy groups -OCH3 is 1. The van der Waals surface area contributed by atoms with Gasteiger partial charge in [0.25, 0.3) is 0 Å². The van der Waals surface area contributed by atoms with Crippen molar-refractivity contribution >= 4 is 11.9 Å². The van der Waals surface area contributed by atoms with Crippen molar-refractivity contribution in [3.8, 4) is 0 Å². The Bertz CT molecular complexity index is 1370. The van der Waals surface area contributed by atoms with Crippen LogP contribution in [-0.4, -0.2) is 54.8 Å². The standard InChI is InChI=1S/C33H36F3N3O4/c1-42-32(41)39-31(30(21-4-8-24(34)9-5-21)22-6-10-25(35)11-7-22)29(40)16-23-17-37-19-28(36)27(23)13-12-26-18-38-20-33(43-26)14-2-3-15-33/h4-11,17,19,26,30-31,38H,2-3,12-16,18,20H2,1H3,(H,39,41)/t26-,31-/m1/s1. The largest absolute Gasteiger partial charge is 0.453 e. The summed E-state index contributed by atoms with van der Waals surface area (Å²) in [6.45, 7) is 1.50. The van der Waals surface area contributed by atoms with Gasteiger partial charge in [-0.05, 0) is 72.2 Å². The van der Waals surface area contributed by atoms with Crippen LogP contribution in [0.3, 0.4) is 0 Å². The van der Waals surface area contributed by atoms with Gasteiger partial charge in [0.2, 0.25) is 0 Å². The number of halogens is 3. The van der Waals surface area contributed by atoms with Crippen molar-refractivity contribution < 1.29 is 32.2 Å². The van der Waals surface area contributed by atoms with Crippen LogP contribution in [0, 0.1) is 17.5 Å². The summed E-state index contributed by atoms with van der Waals surface area (Å²) < 4.78 is 54.1. The molecule has 1 aliphatic heterocycles. The molecular weight excluding hydrogens is 559 g/mol. The van der Waals surface area contributed by atoms with Gasteiger partial charge in [0.05, 0.1) is 25.0 Å². The maximum atomic E-state index is 15.2. The summed E-state index contributed by atoms with van der Waals surface area (Å²) in [4.78, 5) is 30.5. The van der Waals surface area contributed by atoms with E-state index in [1.807, 2.05) is 0 Å². The average Bonchev–Trinajstić information content (AvgIpc) is 3.45. The number of morpholine rings is 1. The van der Waals surface area contributed by atoms with E-state index in [1.165, 1.54) is 61.8 Å². The second-order valence-electron chi connectivity index (χ2n) is 11.4. The third-order valence-corrected chi connectivity index (χ3v) is 8.52. The Morgan fingerprint density at radius 3 is 2.26 bits per heavy atom. The quantitative estimate of drug-likeness (QED) is 0.326. The SMILES string of the molecule is COC(=O)N[C@H](C(=O)Cc1cncc(F)c1CC[C@@H]1CNCC2(CCCC2)O1)C(c1ccc(F)cc1)c1ccc(F)cc1. The molecule has 0 unspecified atom stereocenters. The third-order valence-electron chi connectivity index (χ3n) is 8.52. The van der Waals surface area contributed by atoms with Crippen LogP contribution >= 0.6 is 0 Å². The Hall–Kier alpha value is -3.76. The minimum atomic E-state index is -1.20. The van der Waals surface area contributed by atoms with E-state index in [0.29, 0.717) is 41.6 Å². The molecule has 0 bridgehead atoms. The number of rotatable bonds is 10. The molecule has 2 fully saturated rings. The van der Waals surface area contributed by atoms with Gasteiger partial charge >= 0.3 is 6.09 Å². The predicted octanol–water partition coefficient (Wildman–Crippen LogP) is 5.40. The van der Waals surface area contributed by atoms with Crippen molar-refractivity contribution in [1.82, 2.24) is 15.6 Å². The van der Waals surface area contributed by atoms with Gasteiger partial charge in [0, 0.05) is 31.6 Å². The summed E-state index contributed by atoms with van der Waals surface area (Å²) in [6, 6.07) is 9.82. The number of aromatic nitrogens is 1. The van der Waals surface area contributed by atoms with E-state index < -0.39 is 41.3 Å². The first-order valence-electron chi connectivity index (χ1n) is 14.6. The number of hydrogen-bond donors (Lipinski definition) is 2. The maximum Gasteiger partial charge on any atom is 0.407 e. The minimum Gasteiger partial charge on any atom is -0.453 e. The number of alkyl carbamates (subject to hydrolysis) is 1. The average molecular weight is 596 g/mol. The van der Waals surface area contributed by atoms with Crippen molar-refractivity contribution in [2.75, 3.05) is 20.2 Å². The van der Waals surface area contributed by atoms with Crippen molar-refractivity contribution in [3.63, 3.8) is 0 Å². The van der Waals surface area contributed by atoms with Crippen LogP contribution in [0.4, 0.5) is 18.0 Å². The Labute approximate surface area is 249 Å². The van der Waals surface area contributed by atoms with E-state index in [9.17, 15) is 18.4 Å². The zero-order chi connectivity index (χ0) is 30.4. The van der Waals surface area contributed by atoms with E-state index in [-0.39, 0.29) is 18.1 Å². The lowest BCUT2D eigenvalue weighted by atomic mass is 9.81. The molecule has 43 heavy (non-hydrogen) atoms. The fourth-order valence-corrected chi connectivity index (χ4v) is 6.36. The highest BCUT2D eigenvalue weighted by molar-refractivity contribution is 5.90. The van der Waals surface area contributed by atoms with E-state index >= 15 is 4.39 Å². The molecule has 2 aromatic carbocycles. The Morgan fingerprint density at radius 2 is 1.65 bits per heavy atom. The molecule has 7 nitrogen and oxygen atoms in total. The Balaban J connectivity index is 1.41. The molecule has 2 N–H and O–H groups in total. The number of ketones is 1. The molecular formula is C33H36F3N3O4. The molecule has 1 saturated heterocycles. The second kappa shape index (κ2) is 13.7. The van der Waals surface area contributed by atoms with Crippen molar-refractivity contribution in [3.05, 3.63) is 101 Å². The highest BCUT2D eigenvalue weighted by Gasteiger charge is 2.39. The molecule has 5 rings (SSSR count). The van der Waals surface area contributed by atoms with E-state index in [2.05, 4.69) is 15.6 Å². The van der Waals surface area contributed by atoms with Gasteiger partial charge in [-0.3, -0.25) is 9.78 Å². The van der Waals surface area contributed by atoms with Crippen LogP contribution in [0.25, 0.3) is 0 Å². The number of carbonyl (C=O) groups excluding carboxylic acids is 2. The van der Waals surface area contributed by atoms with Crippen LogP contribution < -0.4 is 10.6 Å². The monoisotopic (exact) mass is 595 g/mol. The molecule has 1 amide bonds. The lowest BCUT2D eigenvalue weighted by molar-refractivity contribution is -0.120. The topological polar surface area (TPSA) is 89.5 Å². The lowest BCUT2D eigenvalue weighted by Crippen LogP contribution is -2.52. The Kier molecular flexibility index (Phi) is 9.77. The number of benzene rings is 2. The first kappa shape index (κ1) is 30.7. The van der Waals surface area contributed by atoms with Crippen molar-refractivity contribution in [2.45, 2.75) is 68.6 Å². The number of nitrogens with zero attached hydrogens (tertiary/aromatic N) is 1. The van der Waals surface area contributed by atoms with E-state index in [4.69, 9.17) is 9.47 Å². The fraction of sp³-hybridized carbons (Fsp3) is 0.424. The molecule has 3 aromatic rings. The van der Waals surface area contributed by atoms with Crippen molar-refractivity contribution in [2.24, 2.45) is 0 Å². The predicted molar refractivity (Wildman–Crippen MR) is 154 cm³/mol. The summed E-state index contributed by atoms with van der Waals surface area (Å²) in [5, 5.41) is 6.09. The van der Waals surface area contributed by atoms with Gasteiger partial charge in [0.1, 0.15) is 23.5 Å². The summed E-state index contributed by atoms with van der Waals surface area (Å²) in [6.07, 6.45) is 6.62. The zero-order valence-corrected chi connectivity index (χ0v) is 24.1. The number of amides is 1. The molecule has 2 aliphatic rings. The summed E-state index contributed by atoms with van der Waals surface area (Å²) in [5.41, 5.74) is 1.65. The van der Waals surface area contributed by atoms with Gasteiger partial charge in [-0.25, -0.2) is 18.0 Å². The normalized spacial score (nSPS) is 18.5. The zero-order valence-electron chi connectivity index (χ0n) is 24.1. The summed E-state index contributed by atoms with van der Waals surface area (Å²) in [5.74, 6) is -2.73. The number of hydrogen-bond acceptors (Lipinski definition) is 6. The van der Waals surface area contributed by atoms with Crippen molar-refractivity contribution in [1.29, 1.82) is 0 Å². The van der Waals surface area contributed by atoms with Crippen LogP contribution in [-0.2, 0) is 27.1 Å². The van der Waals surface area contributed by atoms with Gasteiger partial charge in [-0.15, -0.1) is 0 Å². The molecule has 2 atom stereocenters. The summed E-state index contributed by atoms with van der Waals surface area (Å²) >= 11 is 0. The third kappa shape index (κ3) is 7.43. The van der Waals surface area contributed by atoms with Crippen LogP contribution in [0.1, 0.15) is 60.3 Å². The highest BCUT2D eigenvalue weighted by atomic mass is 19.1. The van der Waals surface area contributed by atoms with Crippen LogP contribution in [0.5, 0.6) is 0 Å². The van der Waals surface area contributed by atoms with Crippen LogP contribution in [0.2, 0.25) is 0 Å². The summed E-state index contributed by atoms with van der Waals surface area (Å²) in [7, 11) is 1.17. The number of nitrogens with one attached hydrogen (secondary N) is 2. The van der Waals surface area contributed by atoms with Gasteiger partial charge in [-0.1, -0.05) is 37.1 Å². The minimum absolute atomic E-state index is 0.0851. The smallest absolute Gasteiger partial charge is 0.407 e. The number of pyridine rings is 1. The molecule has 2 heterocycles. The maximum absolute atomic E-state index is 15.2. The van der Waals surface area contributed by atoms with Crippen LogP contribution in [0.15, 0.2) is 60.9 Å². The highest BCUT2D eigenvalue weighted by Crippen LogP contribution is 2.36. The Morgan fingerprint density at radius 1 is 1.02 bits per heavy atom. The van der Waals surface area contributed by atoms with E-state index in [1.54, 1.807) is 0 Å². The first-order chi connectivity index (χ1) is 20.8. The number of Topliss-reactive ketones (excluding diaryl/α,β-unsaturated/α-hetero) is 1. The molecule has 1 spiro atoms. The van der Waals surface area contributed by atoms with Gasteiger partial charge < -0.3 is 20.1 Å². The molecule has 228 valence electrons. The molecule has 1 aliphatic carbocycles. The molecule has 1 saturated carbocycles. The fourth-order valence-electron chi connectivity index (χ4n) is 6.36. The van der Waals surface area contributed by atoms with E-state index in [0.717, 1.165) is 38.4 Å². The number of ether oxygens (including phenoxy) is 2. The number of carbonyl (C=O) groups is 2. The molecule has 1 aromatic heterocycles. The van der Waals surface area contributed by atoms with Gasteiger partial charge in [0.15, 0.2) is 5.78 Å². The second-order valence-corrected chi connectivity index (χ2v) is 11.4. The molecule has 0 radical (unpaired) electrons. The molecule has 10 heteroatoms. The lowest BCUT2D eigenvalue weighted by Gasteiger charge is -2.39. The van der Waals surface area contributed by atoms with Gasteiger partial charge in [-0.2, -0.15) is 0 Å².